The number of hydrogen-bond acceptors (Lipinski definition) is 3. The Hall–Kier alpha value is -0.380. The van der Waals surface area contributed by atoms with Crippen LogP contribution in [0.5, 0.6) is 0 Å². The summed E-state index contributed by atoms with van der Waals surface area (Å²) in [5.74, 6) is 0. The molecule has 3 heteroatoms. The second-order valence-corrected chi connectivity index (χ2v) is 4.82. The molecule has 0 aliphatic carbocycles. The van der Waals surface area contributed by atoms with Gasteiger partial charge >= 0.3 is 0 Å². The molecule has 0 aromatic rings. The molecule has 1 atom stereocenters. The monoisotopic (exact) mass is 202 g/mol. The molecule has 3 nitrogen and oxygen atoms in total. The van der Waals surface area contributed by atoms with E-state index in [1.54, 1.807) is 34.6 Å². The third-order valence-electron chi connectivity index (χ3n) is 2.37. The highest BCUT2D eigenvalue weighted by Gasteiger charge is 2.38. The highest BCUT2D eigenvalue weighted by molar-refractivity contribution is 5.12. The van der Waals surface area contributed by atoms with E-state index in [-0.39, 0.29) is 0 Å². The summed E-state index contributed by atoms with van der Waals surface area (Å²) in [4.78, 5) is 0. The van der Waals surface area contributed by atoms with Gasteiger partial charge in [-0.05, 0) is 34.1 Å². The van der Waals surface area contributed by atoms with Gasteiger partial charge in [0.05, 0.1) is 11.2 Å². The summed E-state index contributed by atoms with van der Waals surface area (Å²) in [6.07, 6.45) is 3.35. The Morgan fingerprint density at radius 3 is 1.57 bits per heavy atom. The van der Waals surface area contributed by atoms with Crippen molar-refractivity contribution in [2.75, 3.05) is 0 Å². The summed E-state index contributed by atoms with van der Waals surface area (Å²) in [5.41, 5.74) is -3.50. The summed E-state index contributed by atoms with van der Waals surface area (Å²) in [6.45, 7) is 8.11. The van der Waals surface area contributed by atoms with Crippen LogP contribution in [0.1, 0.15) is 41.0 Å². The topological polar surface area (TPSA) is 60.7 Å². The van der Waals surface area contributed by atoms with Gasteiger partial charge in [0.1, 0.15) is 5.60 Å². The van der Waals surface area contributed by atoms with Crippen molar-refractivity contribution in [3.05, 3.63) is 12.2 Å². The van der Waals surface area contributed by atoms with E-state index < -0.39 is 16.8 Å². The zero-order valence-electron chi connectivity index (χ0n) is 9.70. The van der Waals surface area contributed by atoms with Crippen molar-refractivity contribution in [3.63, 3.8) is 0 Å². The Balaban J connectivity index is 4.83. The van der Waals surface area contributed by atoms with Gasteiger partial charge in [0, 0.05) is 0 Å². The van der Waals surface area contributed by atoms with Crippen molar-refractivity contribution < 1.29 is 15.3 Å². The fraction of sp³-hybridized carbons (Fsp3) is 0.818. The lowest BCUT2D eigenvalue weighted by Gasteiger charge is -2.36. The lowest BCUT2D eigenvalue weighted by molar-refractivity contribution is -0.102. The molecule has 0 heterocycles. The summed E-state index contributed by atoms with van der Waals surface area (Å²) >= 11 is 0. The Morgan fingerprint density at radius 1 is 0.929 bits per heavy atom. The van der Waals surface area contributed by atoms with Gasteiger partial charge in [0.15, 0.2) is 0 Å². The molecule has 0 spiro atoms. The van der Waals surface area contributed by atoms with Crippen LogP contribution in [-0.4, -0.2) is 32.1 Å². The maximum atomic E-state index is 10.1. The van der Waals surface area contributed by atoms with Gasteiger partial charge in [-0.2, -0.15) is 0 Å². The quantitative estimate of drug-likeness (QED) is 0.601. The maximum absolute atomic E-state index is 10.1. The van der Waals surface area contributed by atoms with Gasteiger partial charge < -0.3 is 15.3 Å². The van der Waals surface area contributed by atoms with E-state index >= 15 is 0 Å². The minimum Gasteiger partial charge on any atom is -0.387 e. The van der Waals surface area contributed by atoms with Crippen LogP contribution in [0, 0.1) is 0 Å². The Labute approximate surface area is 86.1 Å². The van der Waals surface area contributed by atoms with Crippen molar-refractivity contribution in [2.24, 2.45) is 0 Å². The van der Waals surface area contributed by atoms with Gasteiger partial charge in [-0.25, -0.2) is 0 Å². The maximum Gasteiger partial charge on any atom is 0.111 e. The molecule has 0 radical (unpaired) electrons. The van der Waals surface area contributed by atoms with E-state index in [2.05, 4.69) is 0 Å². The van der Waals surface area contributed by atoms with Gasteiger partial charge in [-0.3, -0.25) is 0 Å². The molecule has 0 fully saturated rings. The van der Waals surface area contributed by atoms with Gasteiger partial charge in [-0.1, -0.05) is 19.1 Å². The first-order valence-electron chi connectivity index (χ1n) is 4.89. The van der Waals surface area contributed by atoms with Crippen molar-refractivity contribution >= 4 is 0 Å². The lowest BCUT2D eigenvalue weighted by Crippen LogP contribution is -2.48. The van der Waals surface area contributed by atoms with Gasteiger partial charge in [0.25, 0.3) is 0 Å². The predicted octanol–water partition coefficient (Wildman–Crippen LogP) is 1.23. The van der Waals surface area contributed by atoms with Crippen LogP contribution in [-0.2, 0) is 0 Å². The van der Waals surface area contributed by atoms with Crippen LogP contribution in [0.3, 0.4) is 0 Å². The molecule has 0 aliphatic rings. The zero-order valence-corrected chi connectivity index (χ0v) is 9.70. The molecule has 0 saturated carbocycles. The molecule has 0 aliphatic heterocycles. The highest BCUT2D eigenvalue weighted by atomic mass is 16.4. The van der Waals surface area contributed by atoms with E-state index in [0.29, 0.717) is 6.42 Å². The molecule has 0 saturated heterocycles. The average molecular weight is 202 g/mol. The fourth-order valence-corrected chi connectivity index (χ4v) is 1.10. The smallest absolute Gasteiger partial charge is 0.111 e. The highest BCUT2D eigenvalue weighted by Crippen LogP contribution is 2.27. The van der Waals surface area contributed by atoms with Crippen LogP contribution < -0.4 is 0 Å². The van der Waals surface area contributed by atoms with Crippen LogP contribution >= 0.6 is 0 Å². The van der Waals surface area contributed by atoms with E-state index in [4.69, 9.17) is 0 Å². The fourth-order valence-electron chi connectivity index (χ4n) is 1.10. The molecule has 0 bridgehead atoms. The van der Waals surface area contributed by atoms with E-state index in [9.17, 15) is 15.3 Å². The minimum atomic E-state index is -1.30. The first-order chi connectivity index (χ1) is 6.02. The van der Waals surface area contributed by atoms with Crippen LogP contribution in [0.2, 0.25) is 0 Å². The molecular formula is C11H22O3. The van der Waals surface area contributed by atoms with Crippen molar-refractivity contribution in [2.45, 2.75) is 57.8 Å². The first-order valence-corrected chi connectivity index (χ1v) is 4.89. The predicted molar refractivity (Wildman–Crippen MR) is 57.0 cm³/mol. The largest absolute Gasteiger partial charge is 0.387 e. The Bertz CT molecular complexity index is 208. The SMILES string of the molecule is CCC(O)(C=CC(C)(C)O)C(C)(C)O. The first kappa shape index (κ1) is 13.6. The summed E-state index contributed by atoms with van der Waals surface area (Å²) in [7, 11) is 0. The summed E-state index contributed by atoms with van der Waals surface area (Å²) in [6, 6.07) is 0. The molecule has 3 N–H and O–H groups in total. The standard InChI is InChI=1S/C11H22O3/c1-6-11(14,10(4,5)13)8-7-9(2,3)12/h7-8,12-14H,6H2,1-5H3. The third kappa shape index (κ3) is 3.78. The van der Waals surface area contributed by atoms with E-state index in [1.165, 1.54) is 12.2 Å². The molecule has 14 heavy (non-hydrogen) atoms. The van der Waals surface area contributed by atoms with Crippen LogP contribution in [0.15, 0.2) is 12.2 Å². The van der Waals surface area contributed by atoms with Crippen LogP contribution in [0.4, 0.5) is 0 Å². The normalized spacial score (nSPS) is 18.6. The Kier molecular flexibility index (Phi) is 3.90. The van der Waals surface area contributed by atoms with Gasteiger partial charge in [-0.15, -0.1) is 0 Å². The molecule has 0 amide bonds. The zero-order chi connectivity index (χ0) is 11.6. The van der Waals surface area contributed by atoms with Crippen molar-refractivity contribution in [1.82, 2.24) is 0 Å². The molecule has 0 aromatic carbocycles. The molecule has 84 valence electrons. The second kappa shape index (κ2) is 4.01. The Morgan fingerprint density at radius 2 is 1.36 bits per heavy atom. The average Bonchev–Trinajstić information content (AvgIpc) is 1.96. The molecule has 0 aromatic heterocycles. The number of aliphatic hydroxyl groups is 3. The number of hydrogen-bond donors (Lipinski definition) is 3. The summed E-state index contributed by atoms with van der Waals surface area (Å²) < 4.78 is 0. The number of rotatable bonds is 4. The molecule has 0 rings (SSSR count). The summed E-state index contributed by atoms with van der Waals surface area (Å²) in [5, 5.41) is 29.3. The molecule has 1 unspecified atom stereocenters. The van der Waals surface area contributed by atoms with Gasteiger partial charge in [0.2, 0.25) is 0 Å². The van der Waals surface area contributed by atoms with Crippen molar-refractivity contribution in [3.8, 4) is 0 Å². The van der Waals surface area contributed by atoms with E-state index in [0.717, 1.165) is 0 Å². The van der Waals surface area contributed by atoms with Crippen molar-refractivity contribution in [1.29, 1.82) is 0 Å². The molecular weight excluding hydrogens is 180 g/mol. The third-order valence-corrected chi connectivity index (χ3v) is 2.37. The lowest BCUT2D eigenvalue weighted by atomic mass is 9.82. The van der Waals surface area contributed by atoms with Crippen LogP contribution in [0.25, 0.3) is 0 Å². The van der Waals surface area contributed by atoms with E-state index in [1.807, 2.05) is 0 Å². The second-order valence-electron chi connectivity index (χ2n) is 4.82. The minimum absolute atomic E-state index is 0.392.